The molecule has 17 heavy (non-hydrogen) atoms. The molecule has 1 aromatic carbocycles. The summed E-state index contributed by atoms with van der Waals surface area (Å²) in [6, 6.07) is 0.543. The van der Waals surface area contributed by atoms with Crippen molar-refractivity contribution in [1.29, 1.82) is 0 Å². The fourth-order valence-electron chi connectivity index (χ4n) is 1.27. The topological polar surface area (TPSA) is 64.9 Å². The molecule has 0 saturated heterocycles. The number of rotatable bonds is 2. The van der Waals surface area contributed by atoms with E-state index in [9.17, 15) is 13.2 Å². The second-order valence-corrected chi connectivity index (χ2v) is 3.49. The van der Waals surface area contributed by atoms with Gasteiger partial charge in [-0.15, -0.1) is 0 Å². The number of benzene rings is 1. The summed E-state index contributed by atoms with van der Waals surface area (Å²) < 4.78 is 44.1. The van der Waals surface area contributed by atoms with E-state index in [0.29, 0.717) is 12.1 Å². The molecule has 0 fully saturated rings. The van der Waals surface area contributed by atoms with Crippen LogP contribution in [0.3, 0.4) is 0 Å². The lowest BCUT2D eigenvalue weighted by molar-refractivity contribution is 0.412. The average molecular weight is 243 g/mol. The van der Waals surface area contributed by atoms with Gasteiger partial charge in [0.2, 0.25) is 0 Å². The monoisotopic (exact) mass is 243 g/mol. The Bertz CT molecular complexity index is 530. The van der Waals surface area contributed by atoms with E-state index in [0.717, 1.165) is 0 Å². The van der Waals surface area contributed by atoms with Crippen molar-refractivity contribution in [3.05, 3.63) is 35.4 Å². The minimum Gasteiger partial charge on any atom is -0.334 e. The summed E-state index contributed by atoms with van der Waals surface area (Å²) in [5.74, 6) is -3.49. The molecule has 1 aromatic heterocycles. The van der Waals surface area contributed by atoms with E-state index in [4.69, 9.17) is 5.73 Å². The van der Waals surface area contributed by atoms with Gasteiger partial charge in [-0.25, -0.2) is 13.2 Å². The summed E-state index contributed by atoms with van der Waals surface area (Å²) in [7, 11) is 0. The maximum absolute atomic E-state index is 13.4. The van der Waals surface area contributed by atoms with Gasteiger partial charge in [-0.1, -0.05) is 5.16 Å². The van der Waals surface area contributed by atoms with Gasteiger partial charge in [0.25, 0.3) is 5.89 Å². The number of hydrogen-bond donors (Lipinski definition) is 1. The molecule has 1 unspecified atom stereocenters. The number of halogens is 3. The minimum atomic E-state index is -1.11. The third-order valence-electron chi connectivity index (χ3n) is 2.07. The number of nitrogens with two attached hydrogens (primary N) is 1. The Hall–Kier alpha value is -1.89. The molecule has 2 N–H and O–H groups in total. The predicted molar refractivity (Wildman–Crippen MR) is 52.2 cm³/mol. The van der Waals surface area contributed by atoms with Crippen molar-refractivity contribution in [3.63, 3.8) is 0 Å². The van der Waals surface area contributed by atoms with Crippen LogP contribution in [0.15, 0.2) is 16.7 Å². The van der Waals surface area contributed by atoms with Crippen LogP contribution in [0.2, 0.25) is 0 Å². The molecule has 0 saturated carbocycles. The molecule has 2 aromatic rings. The second-order valence-electron chi connectivity index (χ2n) is 3.49. The van der Waals surface area contributed by atoms with Crippen molar-refractivity contribution in [2.24, 2.45) is 5.73 Å². The molecule has 0 radical (unpaired) electrons. The second kappa shape index (κ2) is 4.17. The molecule has 1 heterocycles. The van der Waals surface area contributed by atoms with Gasteiger partial charge in [-0.2, -0.15) is 4.98 Å². The van der Waals surface area contributed by atoms with Gasteiger partial charge in [0.15, 0.2) is 5.82 Å². The molecule has 2 rings (SSSR count). The summed E-state index contributed by atoms with van der Waals surface area (Å²) in [4.78, 5) is 3.73. The van der Waals surface area contributed by atoms with Crippen LogP contribution in [-0.4, -0.2) is 10.1 Å². The first-order chi connectivity index (χ1) is 7.99. The number of hydrogen-bond acceptors (Lipinski definition) is 4. The Morgan fingerprint density at radius 2 is 1.82 bits per heavy atom. The van der Waals surface area contributed by atoms with E-state index in [2.05, 4.69) is 14.7 Å². The SMILES string of the molecule is CC(N)c1noc(-c2c(F)cc(F)cc2F)n1. The molecule has 0 aliphatic heterocycles. The van der Waals surface area contributed by atoms with Gasteiger partial charge < -0.3 is 10.3 Å². The quantitative estimate of drug-likeness (QED) is 0.877. The molecule has 90 valence electrons. The van der Waals surface area contributed by atoms with Crippen LogP contribution in [0.4, 0.5) is 13.2 Å². The van der Waals surface area contributed by atoms with Crippen LogP contribution >= 0.6 is 0 Å². The molecule has 0 aliphatic rings. The lowest BCUT2D eigenvalue weighted by atomic mass is 10.2. The summed E-state index contributed by atoms with van der Waals surface area (Å²) in [6.07, 6.45) is 0. The molecule has 1 atom stereocenters. The van der Waals surface area contributed by atoms with Crippen LogP contribution in [0.5, 0.6) is 0 Å². The molecule has 0 bridgehead atoms. The van der Waals surface area contributed by atoms with Crippen molar-refractivity contribution in [1.82, 2.24) is 10.1 Å². The Morgan fingerprint density at radius 1 is 1.24 bits per heavy atom. The van der Waals surface area contributed by atoms with E-state index >= 15 is 0 Å². The normalized spacial score (nSPS) is 12.8. The molecule has 0 spiro atoms. The fraction of sp³-hybridized carbons (Fsp3) is 0.200. The zero-order valence-corrected chi connectivity index (χ0v) is 8.75. The largest absolute Gasteiger partial charge is 0.334 e. The summed E-state index contributed by atoms with van der Waals surface area (Å²) >= 11 is 0. The first-order valence-corrected chi connectivity index (χ1v) is 4.73. The van der Waals surface area contributed by atoms with Crippen molar-refractivity contribution in [3.8, 4) is 11.5 Å². The van der Waals surface area contributed by atoms with E-state index < -0.39 is 29.1 Å². The first-order valence-electron chi connectivity index (χ1n) is 4.73. The smallest absolute Gasteiger partial charge is 0.263 e. The van der Waals surface area contributed by atoms with Crippen LogP contribution in [0, 0.1) is 17.5 Å². The Labute approximate surface area is 94.2 Å². The molecule has 0 aliphatic carbocycles. The van der Waals surface area contributed by atoms with Gasteiger partial charge >= 0.3 is 0 Å². The highest BCUT2D eigenvalue weighted by atomic mass is 19.1. The van der Waals surface area contributed by atoms with E-state index in [1.54, 1.807) is 6.92 Å². The number of nitrogens with zero attached hydrogens (tertiary/aromatic N) is 2. The van der Waals surface area contributed by atoms with E-state index in [1.165, 1.54) is 0 Å². The van der Waals surface area contributed by atoms with Gasteiger partial charge in [0, 0.05) is 12.1 Å². The molecule has 4 nitrogen and oxygen atoms in total. The molecule has 7 heteroatoms. The van der Waals surface area contributed by atoms with E-state index in [1.807, 2.05) is 0 Å². The highest BCUT2D eigenvalue weighted by Crippen LogP contribution is 2.26. The molecular weight excluding hydrogens is 235 g/mol. The van der Waals surface area contributed by atoms with Gasteiger partial charge in [-0.3, -0.25) is 0 Å². The maximum Gasteiger partial charge on any atom is 0.263 e. The summed E-state index contributed by atoms with van der Waals surface area (Å²) in [5, 5.41) is 3.46. The lowest BCUT2D eigenvalue weighted by Crippen LogP contribution is -2.06. The third kappa shape index (κ3) is 2.14. The maximum atomic E-state index is 13.4. The van der Waals surface area contributed by atoms with Gasteiger partial charge in [0.1, 0.15) is 23.0 Å². The Balaban J connectivity index is 2.52. The van der Waals surface area contributed by atoms with E-state index in [-0.39, 0.29) is 11.7 Å². The van der Waals surface area contributed by atoms with Crippen molar-refractivity contribution < 1.29 is 17.7 Å². The van der Waals surface area contributed by atoms with Crippen LogP contribution < -0.4 is 5.73 Å². The van der Waals surface area contributed by atoms with Crippen LogP contribution in [0.1, 0.15) is 18.8 Å². The lowest BCUT2D eigenvalue weighted by Gasteiger charge is -1.99. The minimum absolute atomic E-state index is 0.114. The van der Waals surface area contributed by atoms with Crippen molar-refractivity contribution >= 4 is 0 Å². The summed E-state index contributed by atoms with van der Waals surface area (Å²) in [6.45, 7) is 1.59. The average Bonchev–Trinajstić information content (AvgIpc) is 2.65. The standard InChI is InChI=1S/C10H8F3N3O/c1-4(14)9-15-10(17-16-9)8-6(12)2-5(11)3-7(8)13/h2-4H,14H2,1H3. The van der Waals surface area contributed by atoms with Gasteiger partial charge in [-0.05, 0) is 6.92 Å². The Kier molecular flexibility index (Phi) is 2.84. The van der Waals surface area contributed by atoms with Crippen LogP contribution in [0.25, 0.3) is 11.5 Å². The number of aromatic nitrogens is 2. The Morgan fingerprint density at radius 3 is 2.29 bits per heavy atom. The predicted octanol–water partition coefficient (Wildman–Crippen LogP) is 2.17. The zero-order chi connectivity index (χ0) is 12.6. The van der Waals surface area contributed by atoms with Crippen molar-refractivity contribution in [2.45, 2.75) is 13.0 Å². The fourth-order valence-corrected chi connectivity index (χ4v) is 1.27. The zero-order valence-electron chi connectivity index (χ0n) is 8.75. The molecular formula is C10H8F3N3O. The molecule has 0 amide bonds. The highest BCUT2D eigenvalue weighted by Gasteiger charge is 2.20. The van der Waals surface area contributed by atoms with Crippen LogP contribution in [-0.2, 0) is 0 Å². The first kappa shape index (κ1) is 11.6. The van der Waals surface area contributed by atoms with Crippen molar-refractivity contribution in [2.75, 3.05) is 0 Å². The summed E-state index contributed by atoms with van der Waals surface area (Å²) in [5.41, 5.74) is 4.91. The van der Waals surface area contributed by atoms with Gasteiger partial charge in [0.05, 0.1) is 6.04 Å². The third-order valence-corrected chi connectivity index (χ3v) is 2.07. The highest BCUT2D eigenvalue weighted by molar-refractivity contribution is 5.54.